The van der Waals surface area contributed by atoms with Crippen LogP contribution in [-0.2, 0) is 10.0 Å². The maximum Gasteiger partial charge on any atom is 0.232 e. The van der Waals surface area contributed by atoms with Crippen molar-refractivity contribution in [2.75, 3.05) is 24.1 Å². The topological polar surface area (TPSA) is 81.4 Å². The van der Waals surface area contributed by atoms with Crippen molar-refractivity contribution in [3.63, 3.8) is 0 Å². The molecule has 17 heavy (non-hydrogen) atoms. The zero-order chi connectivity index (χ0) is 12.9. The molecule has 0 aliphatic heterocycles. The molecule has 0 amide bonds. The molecule has 1 aromatic carbocycles. The van der Waals surface area contributed by atoms with Gasteiger partial charge in [-0.15, -0.1) is 0 Å². The Kier molecular flexibility index (Phi) is 4.77. The predicted octanol–water partition coefficient (Wildman–Crippen LogP) is 1.09. The lowest BCUT2D eigenvalue weighted by Gasteiger charge is -2.11. The number of nitrogens with one attached hydrogen (secondary N) is 1. The highest BCUT2D eigenvalue weighted by Crippen LogP contribution is 2.22. The van der Waals surface area contributed by atoms with Crippen molar-refractivity contribution in [1.82, 2.24) is 0 Å². The molecular weight excluding hydrogens is 240 g/mol. The van der Waals surface area contributed by atoms with Gasteiger partial charge in [-0.1, -0.05) is 0 Å². The summed E-state index contributed by atoms with van der Waals surface area (Å²) in [5.74, 6) is 0.738. The van der Waals surface area contributed by atoms with Gasteiger partial charge in [-0.3, -0.25) is 4.72 Å². The number of benzene rings is 1. The molecule has 0 spiro atoms. The van der Waals surface area contributed by atoms with Crippen LogP contribution in [0.2, 0.25) is 0 Å². The fourth-order valence-electron chi connectivity index (χ4n) is 1.37. The smallest absolute Gasteiger partial charge is 0.232 e. The van der Waals surface area contributed by atoms with E-state index in [1.54, 1.807) is 25.3 Å². The van der Waals surface area contributed by atoms with Crippen LogP contribution in [0, 0.1) is 6.92 Å². The van der Waals surface area contributed by atoms with Gasteiger partial charge >= 0.3 is 0 Å². The summed E-state index contributed by atoms with van der Waals surface area (Å²) in [4.78, 5) is 0. The minimum Gasteiger partial charge on any atom is -0.497 e. The number of ether oxygens (including phenoxy) is 1. The molecule has 3 N–H and O–H groups in total. The van der Waals surface area contributed by atoms with Gasteiger partial charge in [0.2, 0.25) is 10.0 Å². The fourth-order valence-corrected chi connectivity index (χ4v) is 2.58. The van der Waals surface area contributed by atoms with Crippen LogP contribution in [0.3, 0.4) is 0 Å². The monoisotopic (exact) mass is 258 g/mol. The summed E-state index contributed by atoms with van der Waals surface area (Å²) in [6, 6.07) is 5.18. The number of methoxy groups -OCH3 is 1. The summed E-state index contributed by atoms with van der Waals surface area (Å²) in [6.45, 7) is 2.19. The minimum atomic E-state index is -3.31. The van der Waals surface area contributed by atoms with E-state index >= 15 is 0 Å². The lowest BCUT2D eigenvalue weighted by Crippen LogP contribution is -2.19. The first kappa shape index (κ1) is 13.8. The SMILES string of the molecule is COc1ccc(NS(=O)(=O)CCCN)c(C)c1. The molecule has 0 saturated carbocycles. The Morgan fingerprint density at radius 2 is 2.12 bits per heavy atom. The van der Waals surface area contributed by atoms with E-state index in [-0.39, 0.29) is 5.75 Å². The number of aryl methyl sites for hydroxylation is 1. The molecule has 96 valence electrons. The summed E-state index contributed by atoms with van der Waals surface area (Å²) >= 11 is 0. The van der Waals surface area contributed by atoms with Crippen LogP contribution >= 0.6 is 0 Å². The summed E-state index contributed by atoms with van der Waals surface area (Å²) in [6.07, 6.45) is 0.449. The van der Waals surface area contributed by atoms with Crippen molar-refractivity contribution in [1.29, 1.82) is 0 Å². The molecule has 0 aromatic heterocycles. The normalized spacial score (nSPS) is 11.2. The zero-order valence-corrected chi connectivity index (χ0v) is 10.9. The van der Waals surface area contributed by atoms with Crippen molar-refractivity contribution in [3.8, 4) is 5.75 Å². The van der Waals surface area contributed by atoms with Gasteiger partial charge in [0, 0.05) is 0 Å². The van der Waals surface area contributed by atoms with E-state index < -0.39 is 10.0 Å². The number of nitrogens with two attached hydrogens (primary N) is 1. The highest BCUT2D eigenvalue weighted by Gasteiger charge is 2.11. The molecule has 0 atom stereocenters. The Morgan fingerprint density at radius 3 is 2.65 bits per heavy atom. The van der Waals surface area contributed by atoms with E-state index in [9.17, 15) is 8.42 Å². The molecule has 1 aromatic rings. The molecule has 1 rings (SSSR count). The van der Waals surface area contributed by atoms with Crippen molar-refractivity contribution in [3.05, 3.63) is 23.8 Å². The van der Waals surface area contributed by atoms with Crippen molar-refractivity contribution in [2.45, 2.75) is 13.3 Å². The maximum absolute atomic E-state index is 11.7. The predicted molar refractivity (Wildman–Crippen MR) is 68.8 cm³/mol. The molecule has 0 saturated heterocycles. The molecular formula is C11H18N2O3S. The van der Waals surface area contributed by atoms with Crippen LogP contribution in [0.1, 0.15) is 12.0 Å². The molecule has 0 radical (unpaired) electrons. The van der Waals surface area contributed by atoms with Gasteiger partial charge < -0.3 is 10.5 Å². The molecule has 0 unspecified atom stereocenters. The largest absolute Gasteiger partial charge is 0.497 e. The van der Waals surface area contributed by atoms with Crippen molar-refractivity contribution in [2.24, 2.45) is 5.73 Å². The summed E-state index contributed by atoms with van der Waals surface area (Å²) in [7, 11) is -1.74. The molecule has 6 heteroatoms. The van der Waals surface area contributed by atoms with E-state index in [1.165, 1.54) is 0 Å². The van der Waals surface area contributed by atoms with E-state index in [0.717, 1.165) is 5.56 Å². The quantitative estimate of drug-likeness (QED) is 0.800. The van der Waals surface area contributed by atoms with Gasteiger partial charge in [0.05, 0.1) is 18.6 Å². The average molecular weight is 258 g/mol. The lowest BCUT2D eigenvalue weighted by atomic mass is 10.2. The zero-order valence-electron chi connectivity index (χ0n) is 10.1. The number of rotatable bonds is 6. The third-order valence-corrected chi connectivity index (χ3v) is 3.67. The third kappa shape index (κ3) is 4.24. The van der Waals surface area contributed by atoms with Gasteiger partial charge in [0.25, 0.3) is 0 Å². The average Bonchev–Trinajstić information content (AvgIpc) is 2.29. The molecule has 0 aliphatic rings. The Hall–Kier alpha value is -1.27. The van der Waals surface area contributed by atoms with Gasteiger partial charge in [-0.25, -0.2) is 8.42 Å². The first-order valence-electron chi connectivity index (χ1n) is 5.33. The first-order valence-corrected chi connectivity index (χ1v) is 6.99. The second-order valence-electron chi connectivity index (χ2n) is 3.74. The molecule has 0 aliphatic carbocycles. The Morgan fingerprint density at radius 1 is 1.41 bits per heavy atom. The number of hydrogen-bond donors (Lipinski definition) is 2. The second-order valence-corrected chi connectivity index (χ2v) is 5.59. The van der Waals surface area contributed by atoms with Gasteiger partial charge in [-0.05, 0) is 43.7 Å². The Bertz CT molecular complexity index is 472. The van der Waals surface area contributed by atoms with Crippen LogP contribution < -0.4 is 15.2 Å². The van der Waals surface area contributed by atoms with Crippen LogP contribution in [0.15, 0.2) is 18.2 Å². The summed E-state index contributed by atoms with van der Waals surface area (Å²) in [5, 5.41) is 0. The first-order chi connectivity index (χ1) is 7.98. The van der Waals surface area contributed by atoms with Gasteiger partial charge in [-0.2, -0.15) is 0 Å². The van der Waals surface area contributed by atoms with E-state index in [4.69, 9.17) is 10.5 Å². The number of sulfonamides is 1. The van der Waals surface area contributed by atoms with E-state index in [1.807, 2.05) is 6.92 Å². The van der Waals surface area contributed by atoms with Crippen molar-refractivity contribution >= 4 is 15.7 Å². The van der Waals surface area contributed by atoms with Gasteiger partial charge in [0.1, 0.15) is 5.75 Å². The van der Waals surface area contributed by atoms with Crippen LogP contribution in [0.25, 0.3) is 0 Å². The molecule has 0 heterocycles. The number of anilines is 1. The third-order valence-electron chi connectivity index (χ3n) is 2.32. The van der Waals surface area contributed by atoms with E-state index in [0.29, 0.717) is 24.4 Å². The highest BCUT2D eigenvalue weighted by atomic mass is 32.2. The Balaban J connectivity index is 2.81. The standard InChI is InChI=1S/C11H18N2O3S/c1-9-8-10(16-2)4-5-11(9)13-17(14,15)7-3-6-12/h4-5,8,13H,3,6-7,12H2,1-2H3. The van der Waals surface area contributed by atoms with Gasteiger partial charge in [0.15, 0.2) is 0 Å². The fraction of sp³-hybridized carbons (Fsp3) is 0.455. The highest BCUT2D eigenvalue weighted by molar-refractivity contribution is 7.92. The van der Waals surface area contributed by atoms with Crippen LogP contribution in [-0.4, -0.2) is 27.8 Å². The van der Waals surface area contributed by atoms with Crippen LogP contribution in [0.4, 0.5) is 5.69 Å². The minimum absolute atomic E-state index is 0.0367. The Labute approximate surface area is 102 Å². The van der Waals surface area contributed by atoms with Crippen molar-refractivity contribution < 1.29 is 13.2 Å². The molecule has 5 nitrogen and oxygen atoms in total. The van der Waals surface area contributed by atoms with Crippen LogP contribution in [0.5, 0.6) is 5.75 Å². The molecule has 0 fully saturated rings. The number of hydrogen-bond acceptors (Lipinski definition) is 4. The second kappa shape index (κ2) is 5.88. The molecule has 0 bridgehead atoms. The summed E-state index contributed by atoms with van der Waals surface area (Å²) in [5.41, 5.74) is 6.68. The maximum atomic E-state index is 11.7. The van der Waals surface area contributed by atoms with E-state index in [2.05, 4.69) is 4.72 Å². The summed E-state index contributed by atoms with van der Waals surface area (Å²) < 4.78 is 30.9. The lowest BCUT2D eigenvalue weighted by molar-refractivity contribution is 0.414.